The van der Waals surface area contributed by atoms with E-state index in [1.165, 1.54) is 12.1 Å². The molecule has 0 N–H and O–H groups in total. The highest BCUT2D eigenvalue weighted by atomic mass is 32.2. The van der Waals surface area contributed by atoms with Gasteiger partial charge in [0, 0.05) is 25.4 Å². The average Bonchev–Trinajstić information content (AvgIpc) is 2.70. The lowest BCUT2D eigenvalue weighted by Crippen LogP contribution is -2.37. The number of morpholine rings is 1. The van der Waals surface area contributed by atoms with E-state index in [9.17, 15) is 9.18 Å². The zero-order chi connectivity index (χ0) is 18.6. The van der Waals surface area contributed by atoms with Gasteiger partial charge in [0.05, 0.1) is 29.8 Å². The lowest BCUT2D eigenvalue weighted by atomic mass is 10.2. The number of nitrogens with zero attached hydrogens (tertiary/aromatic N) is 3. The van der Waals surface area contributed by atoms with Crippen LogP contribution in [0.15, 0.2) is 58.5 Å². The first-order chi connectivity index (χ1) is 13.2. The molecule has 2 aromatic carbocycles. The van der Waals surface area contributed by atoms with Crippen LogP contribution in [0.5, 0.6) is 0 Å². The normalized spacial score (nSPS) is 15.3. The van der Waals surface area contributed by atoms with Crippen molar-refractivity contribution in [3.63, 3.8) is 0 Å². The molecule has 0 aliphatic carbocycles. The summed E-state index contributed by atoms with van der Waals surface area (Å²) < 4.78 is 20.3. The third-order valence-electron chi connectivity index (χ3n) is 4.57. The molecule has 7 heteroatoms. The van der Waals surface area contributed by atoms with Crippen molar-refractivity contribution >= 4 is 22.7 Å². The summed E-state index contributed by atoms with van der Waals surface area (Å²) in [7, 11) is 0. The zero-order valence-electron chi connectivity index (χ0n) is 14.8. The molecule has 1 aliphatic rings. The Morgan fingerprint density at radius 3 is 2.59 bits per heavy atom. The molecule has 2 heterocycles. The second kappa shape index (κ2) is 8.21. The fourth-order valence-corrected chi connectivity index (χ4v) is 4.13. The number of benzene rings is 2. The van der Waals surface area contributed by atoms with Crippen LogP contribution < -0.4 is 5.56 Å². The maximum absolute atomic E-state index is 13.3. The van der Waals surface area contributed by atoms with Gasteiger partial charge in [-0.15, -0.1) is 0 Å². The van der Waals surface area contributed by atoms with E-state index in [2.05, 4.69) is 4.90 Å². The van der Waals surface area contributed by atoms with Gasteiger partial charge in [0.15, 0.2) is 5.16 Å². The summed E-state index contributed by atoms with van der Waals surface area (Å²) in [4.78, 5) is 20.1. The van der Waals surface area contributed by atoms with Gasteiger partial charge in [0.1, 0.15) is 5.82 Å². The third-order valence-corrected chi connectivity index (χ3v) is 5.49. The molecule has 0 bridgehead atoms. The zero-order valence-corrected chi connectivity index (χ0v) is 15.6. The minimum Gasteiger partial charge on any atom is -0.379 e. The Bertz CT molecular complexity index is 985. The number of thioether (sulfide) groups is 1. The van der Waals surface area contributed by atoms with E-state index < -0.39 is 0 Å². The first-order valence-electron chi connectivity index (χ1n) is 8.93. The fraction of sp³-hybridized carbons (Fsp3) is 0.300. The lowest BCUT2D eigenvalue weighted by Gasteiger charge is -2.26. The minimum atomic E-state index is -0.331. The van der Waals surface area contributed by atoms with Crippen molar-refractivity contribution in [1.29, 1.82) is 0 Å². The molecule has 1 aromatic heterocycles. The summed E-state index contributed by atoms with van der Waals surface area (Å²) in [5.41, 5.74) is 1.16. The maximum atomic E-state index is 13.3. The van der Waals surface area contributed by atoms with Crippen molar-refractivity contribution in [2.45, 2.75) is 5.16 Å². The molecule has 0 atom stereocenters. The number of hydrogen-bond acceptors (Lipinski definition) is 5. The first-order valence-corrected chi connectivity index (χ1v) is 9.91. The Hall–Kier alpha value is -2.22. The summed E-state index contributed by atoms with van der Waals surface area (Å²) in [6.45, 7) is 4.28. The highest BCUT2D eigenvalue weighted by Gasteiger charge is 2.15. The first kappa shape index (κ1) is 18.2. The predicted octanol–water partition coefficient (Wildman–Crippen LogP) is 2.95. The molecule has 1 saturated heterocycles. The molecule has 1 aliphatic heterocycles. The van der Waals surface area contributed by atoms with Crippen LogP contribution in [0.3, 0.4) is 0 Å². The van der Waals surface area contributed by atoms with Crippen molar-refractivity contribution < 1.29 is 9.13 Å². The Morgan fingerprint density at radius 1 is 1.07 bits per heavy atom. The quantitative estimate of drug-likeness (QED) is 0.499. The lowest BCUT2D eigenvalue weighted by molar-refractivity contribution is 0.0410. The Kier molecular flexibility index (Phi) is 5.52. The van der Waals surface area contributed by atoms with Gasteiger partial charge in [-0.3, -0.25) is 14.3 Å². The molecular formula is C20H20FN3O2S. The number of rotatable bonds is 5. The molecule has 140 valence electrons. The molecule has 0 radical (unpaired) electrons. The van der Waals surface area contributed by atoms with E-state index in [0.29, 0.717) is 21.7 Å². The van der Waals surface area contributed by atoms with Gasteiger partial charge >= 0.3 is 0 Å². The van der Waals surface area contributed by atoms with Crippen LogP contribution >= 0.6 is 11.8 Å². The molecule has 3 aromatic rings. The van der Waals surface area contributed by atoms with Gasteiger partial charge in [-0.25, -0.2) is 9.37 Å². The predicted molar refractivity (Wildman–Crippen MR) is 105 cm³/mol. The molecule has 27 heavy (non-hydrogen) atoms. The van der Waals surface area contributed by atoms with Crippen molar-refractivity contribution in [1.82, 2.24) is 14.5 Å². The molecule has 0 amide bonds. The summed E-state index contributed by atoms with van der Waals surface area (Å²) in [6.07, 6.45) is 0. The van der Waals surface area contributed by atoms with E-state index >= 15 is 0 Å². The van der Waals surface area contributed by atoms with Crippen molar-refractivity contribution in [3.05, 3.63) is 64.7 Å². The van der Waals surface area contributed by atoms with Crippen LogP contribution in [0.4, 0.5) is 4.39 Å². The Balaban J connectivity index is 1.67. The van der Waals surface area contributed by atoms with Crippen LogP contribution in [0.1, 0.15) is 0 Å². The SMILES string of the molecule is O=c1c2ccccc2nc(SCCN2CCOCC2)n1-c1ccc(F)cc1. The van der Waals surface area contributed by atoms with Crippen LogP contribution in [0, 0.1) is 5.82 Å². The van der Waals surface area contributed by atoms with E-state index in [1.807, 2.05) is 18.2 Å². The molecule has 0 spiro atoms. The smallest absolute Gasteiger partial charge is 0.266 e. The largest absolute Gasteiger partial charge is 0.379 e. The number of aromatic nitrogens is 2. The second-order valence-corrected chi connectivity index (χ2v) is 7.39. The maximum Gasteiger partial charge on any atom is 0.266 e. The number of fused-ring (bicyclic) bond motifs is 1. The molecular weight excluding hydrogens is 365 g/mol. The molecule has 5 nitrogen and oxygen atoms in total. The topological polar surface area (TPSA) is 47.4 Å². The number of para-hydroxylation sites is 1. The molecule has 0 saturated carbocycles. The summed E-state index contributed by atoms with van der Waals surface area (Å²) >= 11 is 1.54. The standard InChI is InChI=1S/C20H20FN3O2S/c21-15-5-7-16(8-6-15)24-19(25)17-3-1-2-4-18(17)22-20(24)27-14-11-23-9-12-26-13-10-23/h1-8H,9-14H2. The Labute approximate surface area is 160 Å². The van der Waals surface area contributed by atoms with Gasteiger partial charge in [0.2, 0.25) is 0 Å². The highest BCUT2D eigenvalue weighted by molar-refractivity contribution is 7.99. The fourth-order valence-electron chi connectivity index (χ4n) is 3.12. The van der Waals surface area contributed by atoms with E-state index in [1.54, 1.807) is 34.5 Å². The van der Waals surface area contributed by atoms with Crippen molar-refractivity contribution in [2.24, 2.45) is 0 Å². The number of ether oxygens (including phenoxy) is 1. The molecule has 4 rings (SSSR count). The van der Waals surface area contributed by atoms with Gasteiger partial charge in [-0.05, 0) is 36.4 Å². The van der Waals surface area contributed by atoms with Crippen LogP contribution in [-0.2, 0) is 4.74 Å². The third kappa shape index (κ3) is 4.05. The summed E-state index contributed by atoms with van der Waals surface area (Å²) in [5.74, 6) is 0.480. The van der Waals surface area contributed by atoms with E-state index in [0.717, 1.165) is 38.6 Å². The van der Waals surface area contributed by atoms with Gasteiger partial charge in [-0.1, -0.05) is 23.9 Å². The van der Waals surface area contributed by atoms with Crippen molar-refractivity contribution in [2.75, 3.05) is 38.6 Å². The van der Waals surface area contributed by atoms with Crippen LogP contribution in [0.25, 0.3) is 16.6 Å². The van der Waals surface area contributed by atoms with Crippen LogP contribution in [-0.4, -0.2) is 53.1 Å². The van der Waals surface area contributed by atoms with Gasteiger partial charge < -0.3 is 4.74 Å². The Morgan fingerprint density at radius 2 is 1.81 bits per heavy atom. The monoisotopic (exact) mass is 385 g/mol. The van der Waals surface area contributed by atoms with Crippen LogP contribution in [0.2, 0.25) is 0 Å². The average molecular weight is 385 g/mol. The van der Waals surface area contributed by atoms with Gasteiger partial charge in [0.25, 0.3) is 5.56 Å². The summed E-state index contributed by atoms with van der Waals surface area (Å²) in [6, 6.07) is 13.3. The summed E-state index contributed by atoms with van der Waals surface area (Å²) in [5, 5.41) is 1.18. The van der Waals surface area contributed by atoms with Crippen molar-refractivity contribution in [3.8, 4) is 5.69 Å². The second-order valence-electron chi connectivity index (χ2n) is 6.33. The number of hydrogen-bond donors (Lipinski definition) is 0. The molecule has 0 unspecified atom stereocenters. The van der Waals surface area contributed by atoms with E-state index in [4.69, 9.17) is 9.72 Å². The highest BCUT2D eigenvalue weighted by Crippen LogP contribution is 2.21. The van der Waals surface area contributed by atoms with E-state index in [-0.39, 0.29) is 11.4 Å². The van der Waals surface area contributed by atoms with Gasteiger partial charge in [-0.2, -0.15) is 0 Å². The number of halogens is 1. The molecule has 1 fully saturated rings. The minimum absolute atomic E-state index is 0.138.